The van der Waals surface area contributed by atoms with Gasteiger partial charge in [0.15, 0.2) is 5.60 Å². The van der Waals surface area contributed by atoms with E-state index in [9.17, 15) is 14.7 Å². The van der Waals surface area contributed by atoms with E-state index in [4.69, 9.17) is 14.5 Å². The van der Waals surface area contributed by atoms with E-state index in [-0.39, 0.29) is 5.91 Å². The summed E-state index contributed by atoms with van der Waals surface area (Å²) in [6.07, 6.45) is 6.81. The van der Waals surface area contributed by atoms with Gasteiger partial charge in [-0.25, -0.2) is 4.79 Å². The van der Waals surface area contributed by atoms with Crippen LogP contribution in [0.2, 0.25) is 0 Å². The number of unbranched alkanes of at least 4 members (excludes halogenated alkanes) is 1. The van der Waals surface area contributed by atoms with Crippen LogP contribution in [0.25, 0.3) is 0 Å². The first-order chi connectivity index (χ1) is 16.7. The Morgan fingerprint density at radius 1 is 1.03 bits per heavy atom. The summed E-state index contributed by atoms with van der Waals surface area (Å²) >= 11 is 0. The number of aliphatic imine (C=N–C) groups is 1. The van der Waals surface area contributed by atoms with Crippen molar-refractivity contribution in [2.24, 2.45) is 4.99 Å². The summed E-state index contributed by atoms with van der Waals surface area (Å²) in [6.45, 7) is 5.68. The topological polar surface area (TPSA) is 88.4 Å². The first-order valence-electron chi connectivity index (χ1n) is 12.4. The largest absolute Gasteiger partial charge is 0.478 e. The molecule has 7 nitrogen and oxygen atoms in total. The molecule has 1 amide bonds. The zero-order chi connectivity index (χ0) is 25.1. The fourth-order valence-corrected chi connectivity index (χ4v) is 4.59. The van der Waals surface area contributed by atoms with Crippen LogP contribution in [0.1, 0.15) is 71.3 Å². The normalized spacial score (nSPS) is 17.1. The molecule has 1 heterocycles. The average Bonchev–Trinajstić information content (AvgIpc) is 3.40. The van der Waals surface area contributed by atoms with Crippen molar-refractivity contribution < 1.29 is 24.2 Å². The van der Waals surface area contributed by atoms with Gasteiger partial charge in [0.05, 0.1) is 6.54 Å². The molecule has 2 aromatic carbocycles. The summed E-state index contributed by atoms with van der Waals surface area (Å²) in [5, 5.41) is 9.21. The smallest absolute Gasteiger partial charge is 0.347 e. The van der Waals surface area contributed by atoms with Crippen LogP contribution in [0.5, 0.6) is 17.2 Å². The maximum absolute atomic E-state index is 13.3. The number of carbonyl (C=O) groups is 2. The Hall–Kier alpha value is -3.35. The second-order valence-corrected chi connectivity index (χ2v) is 9.90. The highest BCUT2D eigenvalue weighted by molar-refractivity contribution is 6.08. The number of hydrogen-bond donors (Lipinski definition) is 1. The lowest BCUT2D eigenvalue weighted by Crippen LogP contribution is -2.40. The molecule has 1 saturated carbocycles. The minimum absolute atomic E-state index is 0.162. The van der Waals surface area contributed by atoms with Crippen LogP contribution in [0.3, 0.4) is 0 Å². The summed E-state index contributed by atoms with van der Waals surface area (Å²) in [6, 6.07) is 14.6. The number of hydrogen-bond acceptors (Lipinski definition) is 5. The minimum Gasteiger partial charge on any atom is -0.478 e. The minimum atomic E-state index is -1.31. The Morgan fingerprint density at radius 3 is 2.17 bits per heavy atom. The van der Waals surface area contributed by atoms with E-state index in [1.165, 1.54) is 13.8 Å². The highest BCUT2D eigenvalue weighted by atomic mass is 16.5. The van der Waals surface area contributed by atoms with Crippen LogP contribution in [0.15, 0.2) is 53.5 Å². The lowest BCUT2D eigenvalue weighted by atomic mass is 9.98. The van der Waals surface area contributed by atoms with Crippen LogP contribution in [0.4, 0.5) is 0 Å². The molecule has 0 atom stereocenters. The molecule has 0 unspecified atom stereocenters. The molecule has 0 saturated heterocycles. The van der Waals surface area contributed by atoms with Gasteiger partial charge in [0.1, 0.15) is 28.6 Å². The van der Waals surface area contributed by atoms with Gasteiger partial charge in [-0.05, 0) is 75.1 Å². The molecular weight excluding hydrogens is 444 g/mol. The molecule has 0 bridgehead atoms. The van der Waals surface area contributed by atoms with Crippen LogP contribution < -0.4 is 9.47 Å². The average molecular weight is 479 g/mol. The van der Waals surface area contributed by atoms with Crippen molar-refractivity contribution in [3.05, 3.63) is 54.1 Å². The van der Waals surface area contributed by atoms with Crippen LogP contribution in [0, 0.1) is 0 Å². The lowest BCUT2D eigenvalue weighted by Gasteiger charge is -2.23. The molecule has 0 aromatic heterocycles. The van der Waals surface area contributed by atoms with Crippen molar-refractivity contribution in [2.45, 2.75) is 83.4 Å². The third-order valence-electron chi connectivity index (χ3n) is 6.69. The van der Waals surface area contributed by atoms with Crippen molar-refractivity contribution in [3.8, 4) is 17.2 Å². The number of nitrogens with zero attached hydrogens (tertiary/aromatic N) is 2. The first-order valence-corrected chi connectivity index (χ1v) is 12.4. The Balaban J connectivity index is 1.39. The van der Waals surface area contributed by atoms with E-state index in [1.807, 2.05) is 29.2 Å². The highest BCUT2D eigenvalue weighted by Gasteiger charge is 2.49. The summed E-state index contributed by atoms with van der Waals surface area (Å²) in [4.78, 5) is 31.4. The second-order valence-electron chi connectivity index (χ2n) is 9.90. The monoisotopic (exact) mass is 478 g/mol. The molecule has 1 N–H and O–H groups in total. The number of carboxylic acids is 1. The van der Waals surface area contributed by atoms with Gasteiger partial charge in [0.25, 0.3) is 5.91 Å². The number of amidine groups is 1. The predicted octanol–water partition coefficient (Wildman–Crippen LogP) is 5.96. The number of ether oxygens (including phenoxy) is 2. The Morgan fingerprint density at radius 2 is 1.60 bits per heavy atom. The maximum atomic E-state index is 13.3. The predicted molar refractivity (Wildman–Crippen MR) is 134 cm³/mol. The van der Waals surface area contributed by atoms with Gasteiger partial charge in [-0.15, -0.1) is 0 Å². The van der Waals surface area contributed by atoms with Gasteiger partial charge in [0, 0.05) is 6.42 Å². The van der Waals surface area contributed by atoms with E-state index in [0.29, 0.717) is 23.8 Å². The van der Waals surface area contributed by atoms with E-state index in [1.54, 1.807) is 24.3 Å². The molecular formula is C28H34N2O5. The Kier molecular flexibility index (Phi) is 7.15. The van der Waals surface area contributed by atoms with Crippen molar-refractivity contribution in [2.75, 3.05) is 0 Å². The van der Waals surface area contributed by atoms with E-state index in [0.717, 1.165) is 56.3 Å². The Bertz CT molecular complexity index is 1080. The zero-order valence-electron chi connectivity index (χ0n) is 20.8. The SMILES string of the molecule is CCCCC1=NC2(CCCC2)C(=O)N1Cc1ccc(Oc2ccc(OC(C)(C)C(=O)O)cc2)cc1. The van der Waals surface area contributed by atoms with E-state index in [2.05, 4.69) is 6.92 Å². The molecule has 1 aliphatic carbocycles. The fourth-order valence-electron chi connectivity index (χ4n) is 4.59. The number of carbonyl (C=O) groups excluding carboxylic acids is 1. The number of benzene rings is 2. The fraction of sp³-hybridized carbons (Fsp3) is 0.464. The standard InChI is InChI=1S/C28H34N2O5/c1-4-5-8-24-29-28(17-6-7-18-28)25(31)30(24)19-20-9-11-21(12-10-20)34-22-13-15-23(16-14-22)35-27(2,3)26(32)33/h9-16H,4-8,17-19H2,1-3H3,(H,32,33). The van der Waals surface area contributed by atoms with Gasteiger partial charge in [-0.3, -0.25) is 14.7 Å². The number of rotatable bonds is 10. The van der Waals surface area contributed by atoms with Gasteiger partial charge in [-0.1, -0.05) is 38.3 Å². The third-order valence-corrected chi connectivity index (χ3v) is 6.69. The van der Waals surface area contributed by atoms with Crippen LogP contribution >= 0.6 is 0 Å². The zero-order valence-corrected chi connectivity index (χ0v) is 20.8. The second kappa shape index (κ2) is 10.1. The molecule has 186 valence electrons. The quantitative estimate of drug-likeness (QED) is 0.455. The summed E-state index contributed by atoms with van der Waals surface area (Å²) in [5.41, 5.74) is -0.792. The maximum Gasteiger partial charge on any atom is 0.347 e. The lowest BCUT2D eigenvalue weighted by molar-refractivity contribution is -0.152. The van der Waals surface area contributed by atoms with Crippen molar-refractivity contribution in [1.29, 1.82) is 0 Å². The van der Waals surface area contributed by atoms with Gasteiger partial charge >= 0.3 is 5.97 Å². The van der Waals surface area contributed by atoms with Gasteiger partial charge in [0.2, 0.25) is 0 Å². The molecule has 0 radical (unpaired) electrons. The van der Waals surface area contributed by atoms with Crippen LogP contribution in [-0.4, -0.2) is 38.9 Å². The molecule has 35 heavy (non-hydrogen) atoms. The molecule has 7 heteroatoms. The molecule has 1 aliphatic heterocycles. The van der Waals surface area contributed by atoms with Crippen molar-refractivity contribution in [1.82, 2.24) is 4.90 Å². The number of aliphatic carboxylic acids is 1. The van der Waals surface area contributed by atoms with Crippen LogP contribution in [-0.2, 0) is 16.1 Å². The number of amides is 1. The molecule has 2 aromatic rings. The summed E-state index contributed by atoms with van der Waals surface area (Å²) < 4.78 is 11.5. The third kappa shape index (κ3) is 5.50. The molecule has 2 aliphatic rings. The summed E-state index contributed by atoms with van der Waals surface area (Å²) in [5.74, 6) is 1.81. The Labute approximate surface area is 206 Å². The number of carboxylic acid groups (broad SMARTS) is 1. The summed E-state index contributed by atoms with van der Waals surface area (Å²) in [7, 11) is 0. The van der Waals surface area contributed by atoms with E-state index >= 15 is 0 Å². The molecule has 1 fully saturated rings. The molecule has 4 rings (SSSR count). The highest BCUT2D eigenvalue weighted by Crippen LogP contribution is 2.40. The van der Waals surface area contributed by atoms with Crippen molar-refractivity contribution >= 4 is 17.7 Å². The molecule has 1 spiro atoms. The first kappa shape index (κ1) is 24.8. The van der Waals surface area contributed by atoms with E-state index < -0.39 is 17.1 Å². The van der Waals surface area contributed by atoms with Crippen molar-refractivity contribution in [3.63, 3.8) is 0 Å². The van der Waals surface area contributed by atoms with Gasteiger partial charge < -0.3 is 14.6 Å². The van der Waals surface area contributed by atoms with Gasteiger partial charge in [-0.2, -0.15) is 0 Å².